The summed E-state index contributed by atoms with van der Waals surface area (Å²) in [4.78, 5) is 12.7. The van der Waals surface area contributed by atoms with Gasteiger partial charge in [0.2, 0.25) is 0 Å². The van der Waals surface area contributed by atoms with Gasteiger partial charge in [-0.05, 0) is 23.1 Å². The first-order valence-electron chi connectivity index (χ1n) is 7.44. The molecule has 1 atom stereocenters. The maximum Gasteiger partial charge on any atom is 0.315 e. The van der Waals surface area contributed by atoms with E-state index in [1.165, 1.54) is 0 Å². The molecule has 0 aliphatic heterocycles. The van der Waals surface area contributed by atoms with Crippen LogP contribution < -0.4 is 10.6 Å². The summed E-state index contributed by atoms with van der Waals surface area (Å²) in [6, 6.07) is 19.4. The Morgan fingerprint density at radius 2 is 1.78 bits per heavy atom. The highest BCUT2D eigenvalue weighted by Crippen LogP contribution is 2.29. The fourth-order valence-corrected chi connectivity index (χ4v) is 3.35. The zero-order valence-corrected chi connectivity index (χ0v) is 13.3. The Balaban J connectivity index is 1.50. The number of aliphatic hydroxyl groups is 1. The summed E-state index contributed by atoms with van der Waals surface area (Å²) < 4.78 is 1.13. The highest BCUT2D eigenvalue weighted by Gasteiger charge is 2.12. The fraction of sp³-hybridized carbons (Fsp3) is 0.167. The average Bonchev–Trinajstić information content (AvgIpc) is 3.03. The topological polar surface area (TPSA) is 61.4 Å². The largest absolute Gasteiger partial charge is 0.386 e. The van der Waals surface area contributed by atoms with Crippen LogP contribution in [0.25, 0.3) is 10.1 Å². The van der Waals surface area contributed by atoms with Gasteiger partial charge >= 0.3 is 6.03 Å². The summed E-state index contributed by atoms with van der Waals surface area (Å²) in [6.07, 6.45) is -0.699. The van der Waals surface area contributed by atoms with Gasteiger partial charge in [-0.25, -0.2) is 4.79 Å². The molecule has 0 spiro atoms. The van der Waals surface area contributed by atoms with Crippen molar-refractivity contribution >= 4 is 27.5 Å². The summed E-state index contributed by atoms with van der Waals surface area (Å²) >= 11 is 1.55. The molecule has 0 aliphatic rings. The number of thiophene rings is 1. The third kappa shape index (κ3) is 4.09. The first-order valence-corrected chi connectivity index (χ1v) is 8.26. The number of hydrogen-bond acceptors (Lipinski definition) is 3. The summed E-state index contributed by atoms with van der Waals surface area (Å²) in [5.74, 6) is 0. The maximum absolute atomic E-state index is 11.8. The molecule has 2 aromatic carbocycles. The zero-order chi connectivity index (χ0) is 16.1. The van der Waals surface area contributed by atoms with E-state index in [2.05, 4.69) is 10.6 Å². The SMILES string of the molecule is O=C(NCc1ccccc1)NCC(O)c1cc2ccccc2s1. The standard InChI is InChI=1S/C18H18N2O2S/c21-15(17-10-14-8-4-5-9-16(14)23-17)12-20-18(22)19-11-13-6-2-1-3-7-13/h1-10,15,21H,11-12H2,(H2,19,20,22). The van der Waals surface area contributed by atoms with Gasteiger partial charge in [0.25, 0.3) is 0 Å². The molecular weight excluding hydrogens is 308 g/mol. The van der Waals surface area contributed by atoms with Crippen molar-refractivity contribution in [3.8, 4) is 0 Å². The van der Waals surface area contributed by atoms with Gasteiger partial charge in [0, 0.05) is 16.1 Å². The van der Waals surface area contributed by atoms with Gasteiger partial charge in [0.1, 0.15) is 6.10 Å². The number of nitrogens with one attached hydrogen (secondary N) is 2. The molecule has 1 unspecified atom stereocenters. The van der Waals surface area contributed by atoms with E-state index in [0.717, 1.165) is 20.5 Å². The minimum atomic E-state index is -0.699. The number of urea groups is 1. The maximum atomic E-state index is 11.8. The van der Waals surface area contributed by atoms with Gasteiger partial charge in [-0.3, -0.25) is 0 Å². The van der Waals surface area contributed by atoms with Crippen LogP contribution in [0.4, 0.5) is 4.79 Å². The van der Waals surface area contributed by atoms with Crippen molar-refractivity contribution in [3.63, 3.8) is 0 Å². The molecule has 3 rings (SSSR count). The second kappa shape index (κ2) is 7.26. The Labute approximate surface area is 138 Å². The number of rotatable bonds is 5. The molecule has 0 fully saturated rings. The van der Waals surface area contributed by atoms with Crippen LogP contribution in [0.3, 0.4) is 0 Å². The minimum Gasteiger partial charge on any atom is -0.386 e. The Bertz CT molecular complexity index is 753. The lowest BCUT2D eigenvalue weighted by atomic mass is 10.2. The highest BCUT2D eigenvalue weighted by molar-refractivity contribution is 7.19. The third-order valence-electron chi connectivity index (χ3n) is 3.52. The van der Waals surface area contributed by atoms with E-state index in [0.29, 0.717) is 6.54 Å². The summed E-state index contributed by atoms with van der Waals surface area (Å²) in [7, 11) is 0. The number of fused-ring (bicyclic) bond motifs is 1. The molecular formula is C18H18N2O2S. The first-order chi connectivity index (χ1) is 11.2. The van der Waals surface area contributed by atoms with E-state index in [9.17, 15) is 9.90 Å². The molecule has 118 valence electrons. The molecule has 3 aromatic rings. The van der Waals surface area contributed by atoms with Crippen molar-refractivity contribution in [2.75, 3.05) is 6.54 Å². The lowest BCUT2D eigenvalue weighted by Gasteiger charge is -2.11. The number of carbonyl (C=O) groups excluding carboxylic acids is 1. The monoisotopic (exact) mass is 326 g/mol. The van der Waals surface area contributed by atoms with Gasteiger partial charge in [0.05, 0.1) is 6.54 Å². The first kappa shape index (κ1) is 15.5. The van der Waals surface area contributed by atoms with Crippen LogP contribution in [0.1, 0.15) is 16.5 Å². The minimum absolute atomic E-state index is 0.188. The molecule has 0 saturated heterocycles. The predicted octanol–water partition coefficient (Wildman–Crippen LogP) is 3.43. The van der Waals surface area contributed by atoms with Crippen molar-refractivity contribution in [3.05, 3.63) is 71.1 Å². The molecule has 1 heterocycles. The Hall–Kier alpha value is -2.37. The van der Waals surface area contributed by atoms with Crippen molar-refractivity contribution in [2.45, 2.75) is 12.6 Å². The van der Waals surface area contributed by atoms with E-state index < -0.39 is 6.10 Å². The van der Waals surface area contributed by atoms with E-state index in [-0.39, 0.29) is 12.6 Å². The zero-order valence-electron chi connectivity index (χ0n) is 12.5. The van der Waals surface area contributed by atoms with E-state index in [1.54, 1.807) is 11.3 Å². The number of benzene rings is 2. The average molecular weight is 326 g/mol. The molecule has 0 saturated carbocycles. The van der Waals surface area contributed by atoms with Gasteiger partial charge in [0.15, 0.2) is 0 Å². The number of carbonyl (C=O) groups is 1. The molecule has 0 radical (unpaired) electrons. The van der Waals surface area contributed by atoms with Crippen LogP contribution in [0.15, 0.2) is 60.7 Å². The van der Waals surface area contributed by atoms with Gasteiger partial charge in [-0.1, -0.05) is 48.5 Å². The molecule has 4 nitrogen and oxygen atoms in total. The van der Waals surface area contributed by atoms with Crippen LogP contribution >= 0.6 is 11.3 Å². The Morgan fingerprint density at radius 1 is 1.04 bits per heavy atom. The van der Waals surface area contributed by atoms with Crippen LogP contribution in [-0.4, -0.2) is 17.7 Å². The van der Waals surface area contributed by atoms with Gasteiger partial charge in [-0.2, -0.15) is 0 Å². The molecule has 2 amide bonds. The summed E-state index contributed by atoms with van der Waals surface area (Å²) in [5, 5.41) is 16.8. The smallest absolute Gasteiger partial charge is 0.315 e. The molecule has 0 aliphatic carbocycles. The lowest BCUT2D eigenvalue weighted by Crippen LogP contribution is -2.37. The van der Waals surface area contributed by atoms with Crippen molar-refractivity contribution in [1.29, 1.82) is 0 Å². The predicted molar refractivity (Wildman–Crippen MR) is 93.5 cm³/mol. The second-order valence-corrected chi connectivity index (χ2v) is 6.37. The summed E-state index contributed by atoms with van der Waals surface area (Å²) in [6.45, 7) is 0.652. The number of aliphatic hydroxyl groups excluding tert-OH is 1. The normalized spacial score (nSPS) is 12.0. The molecule has 0 bridgehead atoms. The summed E-state index contributed by atoms with van der Waals surface area (Å²) in [5.41, 5.74) is 1.03. The van der Waals surface area contributed by atoms with Gasteiger partial charge in [-0.15, -0.1) is 11.3 Å². The van der Waals surface area contributed by atoms with E-state index >= 15 is 0 Å². The van der Waals surface area contributed by atoms with Crippen molar-refractivity contribution in [1.82, 2.24) is 10.6 Å². The quantitative estimate of drug-likeness (QED) is 0.672. The van der Waals surface area contributed by atoms with Crippen molar-refractivity contribution in [2.24, 2.45) is 0 Å². The van der Waals surface area contributed by atoms with Crippen LogP contribution in [0, 0.1) is 0 Å². The molecule has 3 N–H and O–H groups in total. The van der Waals surface area contributed by atoms with Crippen LogP contribution in [-0.2, 0) is 6.54 Å². The van der Waals surface area contributed by atoms with Crippen LogP contribution in [0.5, 0.6) is 0 Å². The highest BCUT2D eigenvalue weighted by atomic mass is 32.1. The molecule has 5 heteroatoms. The molecule has 23 heavy (non-hydrogen) atoms. The molecule has 1 aromatic heterocycles. The third-order valence-corrected chi connectivity index (χ3v) is 4.74. The van der Waals surface area contributed by atoms with Crippen molar-refractivity contribution < 1.29 is 9.90 Å². The Morgan fingerprint density at radius 3 is 2.57 bits per heavy atom. The van der Waals surface area contributed by atoms with Gasteiger partial charge < -0.3 is 15.7 Å². The van der Waals surface area contributed by atoms with E-state index in [1.807, 2.05) is 60.7 Å². The number of amides is 2. The lowest BCUT2D eigenvalue weighted by molar-refractivity contribution is 0.176. The second-order valence-electron chi connectivity index (χ2n) is 5.25. The van der Waals surface area contributed by atoms with E-state index in [4.69, 9.17) is 0 Å². The van der Waals surface area contributed by atoms with Crippen LogP contribution in [0.2, 0.25) is 0 Å². The Kier molecular flexibility index (Phi) is 4.90. The fourth-order valence-electron chi connectivity index (χ4n) is 2.30. The number of hydrogen-bond donors (Lipinski definition) is 3.